The molecule has 0 saturated carbocycles. The Bertz CT molecular complexity index is 389. The van der Waals surface area contributed by atoms with Gasteiger partial charge in [0.05, 0.1) is 0 Å². The molecule has 1 aromatic rings. The number of hydrogen-bond acceptors (Lipinski definition) is 2. The summed E-state index contributed by atoms with van der Waals surface area (Å²) in [6, 6.07) is 7.96. The van der Waals surface area contributed by atoms with Crippen molar-refractivity contribution in [1.29, 1.82) is 0 Å². The monoisotopic (exact) mass is 346 g/mol. The van der Waals surface area contributed by atoms with Crippen molar-refractivity contribution in [2.75, 3.05) is 5.33 Å². The van der Waals surface area contributed by atoms with Gasteiger partial charge in [-0.15, -0.1) is 0 Å². The standard InChI is InChI=1S/C12H12Br2O2/c13-8-12(7-1-2-11(15)16-12)9-3-5-10(14)6-4-9/h3-6H,1-2,7-8H2. The first-order valence-corrected chi connectivity index (χ1v) is 7.12. The van der Waals surface area contributed by atoms with Crippen molar-refractivity contribution in [2.24, 2.45) is 0 Å². The fourth-order valence-electron chi connectivity index (χ4n) is 1.97. The van der Waals surface area contributed by atoms with Gasteiger partial charge in [-0.2, -0.15) is 0 Å². The molecule has 1 atom stereocenters. The Morgan fingerprint density at radius 3 is 2.56 bits per heavy atom. The first kappa shape index (κ1) is 12.1. The van der Waals surface area contributed by atoms with Crippen molar-refractivity contribution in [1.82, 2.24) is 0 Å². The number of esters is 1. The Labute approximate surface area is 112 Å². The van der Waals surface area contributed by atoms with Crippen LogP contribution in [-0.2, 0) is 15.1 Å². The predicted molar refractivity (Wildman–Crippen MR) is 69.6 cm³/mol. The van der Waals surface area contributed by atoms with Crippen LogP contribution in [-0.4, -0.2) is 11.3 Å². The van der Waals surface area contributed by atoms with Gasteiger partial charge < -0.3 is 4.74 Å². The summed E-state index contributed by atoms with van der Waals surface area (Å²) in [5, 5.41) is 0.646. The van der Waals surface area contributed by atoms with Crippen LogP contribution < -0.4 is 0 Å². The summed E-state index contributed by atoms with van der Waals surface area (Å²) in [7, 11) is 0. The first-order chi connectivity index (χ1) is 7.66. The normalized spacial score (nSPS) is 25.2. The van der Waals surface area contributed by atoms with Gasteiger partial charge in [-0.05, 0) is 30.5 Å². The molecule has 1 heterocycles. The molecule has 0 aliphatic carbocycles. The highest BCUT2D eigenvalue weighted by Gasteiger charge is 2.38. The molecule has 0 amide bonds. The number of carbonyl (C=O) groups excluding carboxylic acids is 1. The fourth-order valence-corrected chi connectivity index (χ4v) is 2.95. The largest absolute Gasteiger partial charge is 0.453 e. The average Bonchev–Trinajstić information content (AvgIpc) is 2.29. The number of rotatable bonds is 2. The minimum Gasteiger partial charge on any atom is -0.453 e. The molecule has 86 valence electrons. The van der Waals surface area contributed by atoms with Crippen molar-refractivity contribution in [3.63, 3.8) is 0 Å². The lowest BCUT2D eigenvalue weighted by atomic mass is 9.88. The van der Waals surface area contributed by atoms with Crippen LogP contribution >= 0.6 is 31.9 Å². The number of hydrogen-bond donors (Lipinski definition) is 0. The van der Waals surface area contributed by atoms with Crippen LogP contribution in [0.1, 0.15) is 24.8 Å². The summed E-state index contributed by atoms with van der Waals surface area (Å²) in [6.45, 7) is 0. The van der Waals surface area contributed by atoms with Crippen LogP contribution in [0.25, 0.3) is 0 Å². The van der Waals surface area contributed by atoms with E-state index in [9.17, 15) is 4.79 Å². The Hall–Kier alpha value is -0.350. The van der Waals surface area contributed by atoms with E-state index < -0.39 is 5.60 Å². The molecule has 2 rings (SSSR count). The zero-order valence-corrected chi connectivity index (χ0v) is 11.9. The summed E-state index contributed by atoms with van der Waals surface area (Å²) in [4.78, 5) is 11.4. The third-order valence-electron chi connectivity index (χ3n) is 2.86. The highest BCUT2D eigenvalue weighted by Crippen LogP contribution is 2.37. The van der Waals surface area contributed by atoms with E-state index >= 15 is 0 Å². The number of benzene rings is 1. The maximum Gasteiger partial charge on any atom is 0.306 e. The van der Waals surface area contributed by atoms with Gasteiger partial charge in [0.1, 0.15) is 5.60 Å². The zero-order chi connectivity index (χ0) is 11.6. The second-order valence-corrected chi connectivity index (χ2v) is 5.44. The van der Waals surface area contributed by atoms with E-state index in [-0.39, 0.29) is 5.97 Å². The van der Waals surface area contributed by atoms with E-state index in [1.807, 2.05) is 24.3 Å². The Morgan fingerprint density at radius 1 is 1.31 bits per heavy atom. The van der Waals surface area contributed by atoms with Gasteiger partial charge in [0.15, 0.2) is 0 Å². The molecule has 0 N–H and O–H groups in total. The quantitative estimate of drug-likeness (QED) is 0.601. The lowest BCUT2D eigenvalue weighted by molar-refractivity contribution is -0.165. The van der Waals surface area contributed by atoms with Crippen molar-refractivity contribution in [3.8, 4) is 0 Å². The number of halogens is 2. The third kappa shape index (κ3) is 2.33. The van der Waals surface area contributed by atoms with Crippen LogP contribution in [0.2, 0.25) is 0 Å². The molecule has 1 aliphatic rings. The van der Waals surface area contributed by atoms with E-state index in [2.05, 4.69) is 31.9 Å². The van der Waals surface area contributed by atoms with Crippen molar-refractivity contribution in [3.05, 3.63) is 34.3 Å². The van der Waals surface area contributed by atoms with Crippen molar-refractivity contribution >= 4 is 37.8 Å². The molecule has 0 bridgehead atoms. The van der Waals surface area contributed by atoms with Crippen LogP contribution in [0.4, 0.5) is 0 Å². The summed E-state index contributed by atoms with van der Waals surface area (Å²) >= 11 is 6.86. The lowest BCUT2D eigenvalue weighted by Gasteiger charge is -2.35. The first-order valence-electron chi connectivity index (χ1n) is 5.20. The van der Waals surface area contributed by atoms with E-state index in [4.69, 9.17) is 4.74 Å². The van der Waals surface area contributed by atoms with E-state index in [1.165, 1.54) is 0 Å². The zero-order valence-electron chi connectivity index (χ0n) is 8.71. The van der Waals surface area contributed by atoms with Crippen molar-refractivity contribution < 1.29 is 9.53 Å². The molecule has 0 aromatic heterocycles. The lowest BCUT2D eigenvalue weighted by Crippen LogP contribution is -2.37. The molecule has 0 spiro atoms. The predicted octanol–water partition coefficient (Wildman–Crippen LogP) is 3.77. The highest BCUT2D eigenvalue weighted by atomic mass is 79.9. The molecule has 0 radical (unpaired) electrons. The van der Waals surface area contributed by atoms with Gasteiger partial charge in [-0.25, -0.2) is 0 Å². The Morgan fingerprint density at radius 2 is 2.00 bits per heavy atom. The molecule has 16 heavy (non-hydrogen) atoms. The Balaban J connectivity index is 2.33. The summed E-state index contributed by atoms with van der Waals surface area (Å²) < 4.78 is 6.58. The fraction of sp³-hybridized carbons (Fsp3) is 0.417. The van der Waals surface area contributed by atoms with Gasteiger partial charge >= 0.3 is 5.97 Å². The van der Waals surface area contributed by atoms with Crippen LogP contribution in [0.5, 0.6) is 0 Å². The van der Waals surface area contributed by atoms with Crippen LogP contribution in [0, 0.1) is 0 Å². The maximum atomic E-state index is 11.4. The maximum absolute atomic E-state index is 11.4. The second-order valence-electron chi connectivity index (χ2n) is 3.96. The van der Waals surface area contributed by atoms with E-state index in [0.29, 0.717) is 11.8 Å². The van der Waals surface area contributed by atoms with Gasteiger partial charge in [-0.3, -0.25) is 4.79 Å². The van der Waals surface area contributed by atoms with Gasteiger partial charge in [-0.1, -0.05) is 44.0 Å². The molecular formula is C12H12Br2O2. The third-order valence-corrected chi connectivity index (χ3v) is 4.29. The van der Waals surface area contributed by atoms with Gasteiger partial charge in [0.2, 0.25) is 0 Å². The molecule has 1 aromatic carbocycles. The van der Waals surface area contributed by atoms with Crippen molar-refractivity contribution in [2.45, 2.75) is 24.9 Å². The van der Waals surface area contributed by atoms with Crippen LogP contribution in [0.15, 0.2) is 28.7 Å². The SMILES string of the molecule is O=C1CCCC(CBr)(c2ccc(Br)cc2)O1. The molecule has 1 aliphatic heterocycles. The number of ether oxygens (including phenoxy) is 1. The minimum absolute atomic E-state index is 0.103. The summed E-state index contributed by atoms with van der Waals surface area (Å²) in [5.41, 5.74) is 0.580. The van der Waals surface area contributed by atoms with E-state index in [1.54, 1.807) is 0 Å². The highest BCUT2D eigenvalue weighted by molar-refractivity contribution is 9.10. The van der Waals surface area contributed by atoms with Crippen LogP contribution in [0.3, 0.4) is 0 Å². The molecule has 1 fully saturated rings. The molecular weight excluding hydrogens is 336 g/mol. The Kier molecular flexibility index (Phi) is 3.70. The summed E-state index contributed by atoms with van der Waals surface area (Å²) in [5.74, 6) is -0.103. The molecule has 2 nitrogen and oxygen atoms in total. The van der Waals surface area contributed by atoms with Gasteiger partial charge in [0.25, 0.3) is 0 Å². The summed E-state index contributed by atoms with van der Waals surface area (Å²) in [6.07, 6.45) is 2.30. The molecule has 1 saturated heterocycles. The average molecular weight is 348 g/mol. The number of carbonyl (C=O) groups is 1. The molecule has 1 unspecified atom stereocenters. The van der Waals surface area contributed by atoms with E-state index in [0.717, 1.165) is 22.9 Å². The van der Waals surface area contributed by atoms with Gasteiger partial charge in [0, 0.05) is 16.2 Å². The number of cyclic esters (lactones) is 1. The molecule has 4 heteroatoms. The minimum atomic E-state index is -0.476. The smallest absolute Gasteiger partial charge is 0.306 e. The second kappa shape index (κ2) is 4.88. The number of alkyl halides is 1. The topological polar surface area (TPSA) is 26.3 Å².